The van der Waals surface area contributed by atoms with Crippen molar-refractivity contribution < 1.29 is 10.2 Å². The number of pyridine rings is 2. The van der Waals surface area contributed by atoms with Crippen molar-refractivity contribution in [1.29, 1.82) is 0 Å². The maximum Gasteiger partial charge on any atom is 0.145 e. The van der Waals surface area contributed by atoms with Gasteiger partial charge < -0.3 is 10.2 Å². The van der Waals surface area contributed by atoms with Crippen molar-refractivity contribution in [1.82, 2.24) is 9.97 Å². The van der Waals surface area contributed by atoms with Gasteiger partial charge >= 0.3 is 0 Å². The van der Waals surface area contributed by atoms with Crippen LogP contribution in [0.3, 0.4) is 0 Å². The van der Waals surface area contributed by atoms with E-state index in [0.717, 1.165) is 33.6 Å². The Morgan fingerprint density at radius 3 is 2.25 bits per heavy atom. The zero-order valence-corrected chi connectivity index (χ0v) is 15.9. The second-order valence-corrected chi connectivity index (χ2v) is 7.15. The van der Waals surface area contributed by atoms with E-state index in [-0.39, 0.29) is 17.4 Å². The molecular formula is C24H22N2O2. The van der Waals surface area contributed by atoms with Gasteiger partial charge in [-0.3, -0.25) is 4.98 Å². The molecule has 0 bridgehead atoms. The molecule has 2 aromatic heterocycles. The molecule has 1 atom stereocenters. The summed E-state index contributed by atoms with van der Waals surface area (Å²) in [5, 5.41) is 21.7. The minimum atomic E-state index is -0.110. The molecule has 2 N–H and O–H groups in total. The van der Waals surface area contributed by atoms with Gasteiger partial charge in [0.25, 0.3) is 0 Å². The summed E-state index contributed by atoms with van der Waals surface area (Å²) in [6.45, 7) is 3.89. The van der Waals surface area contributed by atoms with E-state index < -0.39 is 0 Å². The Morgan fingerprint density at radius 2 is 1.50 bits per heavy atom. The Kier molecular flexibility index (Phi) is 4.70. The first kappa shape index (κ1) is 18.0. The minimum Gasteiger partial charge on any atom is -0.508 e. The van der Waals surface area contributed by atoms with Crippen LogP contribution in [-0.4, -0.2) is 20.2 Å². The quantitative estimate of drug-likeness (QED) is 0.529. The number of aromatic hydroxyl groups is 2. The molecular weight excluding hydrogens is 348 g/mol. The van der Waals surface area contributed by atoms with Crippen LogP contribution in [0.5, 0.6) is 11.5 Å². The topological polar surface area (TPSA) is 66.2 Å². The molecule has 0 spiro atoms. The fraction of sp³-hybridized carbons (Fsp3) is 0.167. The Hall–Kier alpha value is -3.40. The maximum atomic E-state index is 11.1. The summed E-state index contributed by atoms with van der Waals surface area (Å²) >= 11 is 0. The fourth-order valence-corrected chi connectivity index (χ4v) is 3.60. The summed E-state index contributed by atoms with van der Waals surface area (Å²) in [7, 11) is 0. The number of aromatic nitrogens is 2. The zero-order chi connectivity index (χ0) is 19.7. The van der Waals surface area contributed by atoms with Crippen molar-refractivity contribution >= 4 is 10.9 Å². The smallest absolute Gasteiger partial charge is 0.145 e. The largest absolute Gasteiger partial charge is 0.508 e. The lowest BCUT2D eigenvalue weighted by Crippen LogP contribution is -2.07. The molecule has 4 aromatic rings. The highest BCUT2D eigenvalue weighted by Gasteiger charge is 2.21. The molecule has 4 heteroatoms. The van der Waals surface area contributed by atoms with E-state index in [1.54, 1.807) is 12.1 Å². The molecule has 0 aliphatic carbocycles. The first-order chi connectivity index (χ1) is 13.5. The molecule has 2 heterocycles. The second-order valence-electron chi connectivity index (χ2n) is 7.15. The molecule has 4 nitrogen and oxygen atoms in total. The van der Waals surface area contributed by atoms with Crippen LogP contribution in [0.25, 0.3) is 10.9 Å². The lowest BCUT2D eigenvalue weighted by Gasteiger charge is -2.20. The highest BCUT2D eigenvalue weighted by molar-refractivity contribution is 5.86. The first-order valence-corrected chi connectivity index (χ1v) is 9.32. The van der Waals surface area contributed by atoms with Crippen molar-refractivity contribution in [2.45, 2.75) is 26.2 Å². The average molecular weight is 370 g/mol. The van der Waals surface area contributed by atoms with Crippen LogP contribution in [0, 0.1) is 13.8 Å². The number of phenolic OH excluding ortho intramolecular Hbond substituents is 2. The van der Waals surface area contributed by atoms with Crippen LogP contribution in [0.1, 0.15) is 34.1 Å². The third-order valence-corrected chi connectivity index (χ3v) is 5.04. The van der Waals surface area contributed by atoms with Gasteiger partial charge in [0.05, 0.1) is 0 Å². The van der Waals surface area contributed by atoms with Crippen molar-refractivity contribution in [2.75, 3.05) is 0 Å². The number of hydrogen-bond acceptors (Lipinski definition) is 4. The lowest BCUT2D eigenvalue weighted by atomic mass is 9.86. The van der Waals surface area contributed by atoms with Gasteiger partial charge in [0.2, 0.25) is 0 Å². The molecule has 28 heavy (non-hydrogen) atoms. The van der Waals surface area contributed by atoms with Crippen LogP contribution < -0.4 is 0 Å². The minimum absolute atomic E-state index is 0.110. The summed E-state index contributed by atoms with van der Waals surface area (Å²) in [6, 6.07) is 21.0. The molecule has 0 radical (unpaired) electrons. The SMILES string of the molecule is Cc1cccc(CC(c2ccc(O)cc2)c2ccc3ccc(C)nc3c2O)n1. The van der Waals surface area contributed by atoms with Crippen LogP contribution in [0.15, 0.2) is 66.7 Å². The number of hydrogen-bond donors (Lipinski definition) is 2. The van der Waals surface area contributed by atoms with E-state index in [4.69, 9.17) is 0 Å². The Labute approximate surface area is 164 Å². The Balaban J connectivity index is 1.86. The monoisotopic (exact) mass is 370 g/mol. The molecule has 0 fully saturated rings. The second kappa shape index (κ2) is 7.31. The molecule has 4 rings (SSSR count). The van der Waals surface area contributed by atoms with Gasteiger partial charge in [-0.15, -0.1) is 0 Å². The highest BCUT2D eigenvalue weighted by atomic mass is 16.3. The molecule has 0 saturated carbocycles. The summed E-state index contributed by atoms with van der Waals surface area (Å²) in [5.41, 5.74) is 5.19. The van der Waals surface area contributed by atoms with Crippen molar-refractivity contribution in [2.24, 2.45) is 0 Å². The molecule has 0 saturated heterocycles. The van der Waals surface area contributed by atoms with Crippen LogP contribution in [0.2, 0.25) is 0 Å². The molecule has 1 unspecified atom stereocenters. The first-order valence-electron chi connectivity index (χ1n) is 9.32. The molecule has 0 aliphatic rings. The standard InChI is InChI=1S/C24H22N2O2/c1-15-4-3-5-19(25-15)14-22(17-8-11-20(27)12-9-17)21-13-10-18-7-6-16(2)26-23(18)24(21)28/h3-13,22,27-28H,14H2,1-2H3. The third-order valence-electron chi connectivity index (χ3n) is 5.04. The fourth-order valence-electron chi connectivity index (χ4n) is 3.60. The Morgan fingerprint density at radius 1 is 0.786 bits per heavy atom. The predicted molar refractivity (Wildman–Crippen MR) is 111 cm³/mol. The van der Waals surface area contributed by atoms with E-state index >= 15 is 0 Å². The van der Waals surface area contributed by atoms with Gasteiger partial charge in [-0.1, -0.05) is 36.4 Å². The normalized spacial score (nSPS) is 12.2. The van der Waals surface area contributed by atoms with Gasteiger partial charge in [-0.25, -0.2) is 4.98 Å². The molecule has 2 aromatic carbocycles. The molecule has 0 amide bonds. The number of benzene rings is 2. The summed E-state index contributed by atoms with van der Waals surface area (Å²) in [4.78, 5) is 9.18. The van der Waals surface area contributed by atoms with Crippen LogP contribution >= 0.6 is 0 Å². The van der Waals surface area contributed by atoms with Gasteiger partial charge in [0.15, 0.2) is 0 Å². The molecule has 0 aliphatic heterocycles. The number of aryl methyl sites for hydroxylation is 2. The van der Waals surface area contributed by atoms with E-state index in [2.05, 4.69) is 9.97 Å². The van der Waals surface area contributed by atoms with Gasteiger partial charge in [-0.2, -0.15) is 0 Å². The summed E-state index contributed by atoms with van der Waals surface area (Å²) in [6.07, 6.45) is 0.636. The summed E-state index contributed by atoms with van der Waals surface area (Å²) in [5.74, 6) is 0.310. The highest BCUT2D eigenvalue weighted by Crippen LogP contribution is 2.38. The van der Waals surface area contributed by atoms with Crippen molar-refractivity contribution in [3.8, 4) is 11.5 Å². The van der Waals surface area contributed by atoms with Crippen molar-refractivity contribution in [3.05, 3.63) is 94.9 Å². The number of phenols is 2. The van der Waals surface area contributed by atoms with E-state index in [1.807, 2.05) is 68.4 Å². The Bertz CT molecular complexity index is 1140. The number of nitrogens with zero attached hydrogens (tertiary/aromatic N) is 2. The van der Waals surface area contributed by atoms with E-state index in [0.29, 0.717) is 11.9 Å². The average Bonchev–Trinajstić information content (AvgIpc) is 2.68. The van der Waals surface area contributed by atoms with Crippen LogP contribution in [-0.2, 0) is 6.42 Å². The van der Waals surface area contributed by atoms with Gasteiger partial charge in [0.1, 0.15) is 17.0 Å². The van der Waals surface area contributed by atoms with E-state index in [1.165, 1.54) is 0 Å². The van der Waals surface area contributed by atoms with Gasteiger partial charge in [-0.05, 0) is 49.7 Å². The van der Waals surface area contributed by atoms with E-state index in [9.17, 15) is 10.2 Å². The number of fused-ring (bicyclic) bond motifs is 1. The third kappa shape index (κ3) is 3.54. The predicted octanol–water partition coefficient (Wildman–Crippen LogP) is 5.03. The lowest BCUT2D eigenvalue weighted by molar-refractivity contribution is 0.468. The summed E-state index contributed by atoms with van der Waals surface area (Å²) < 4.78 is 0. The van der Waals surface area contributed by atoms with Gasteiger partial charge in [0, 0.05) is 40.4 Å². The zero-order valence-electron chi connectivity index (χ0n) is 15.9. The number of rotatable bonds is 4. The van der Waals surface area contributed by atoms with Crippen LogP contribution in [0.4, 0.5) is 0 Å². The van der Waals surface area contributed by atoms with Crippen molar-refractivity contribution in [3.63, 3.8) is 0 Å². The molecule has 140 valence electrons. The maximum absolute atomic E-state index is 11.1.